The van der Waals surface area contributed by atoms with Gasteiger partial charge in [0.05, 0.1) is 16.8 Å². The fraction of sp³-hybridized carbons (Fsp3) is 0.200. The van der Waals surface area contributed by atoms with Crippen LogP contribution in [-0.4, -0.2) is 21.2 Å². The minimum absolute atomic E-state index is 0.0258. The van der Waals surface area contributed by atoms with Gasteiger partial charge in [-0.2, -0.15) is 0 Å². The molecule has 0 spiro atoms. The van der Waals surface area contributed by atoms with Crippen LogP contribution in [0.2, 0.25) is 5.02 Å². The zero-order valence-corrected chi connectivity index (χ0v) is 15.9. The first-order valence-corrected chi connectivity index (χ1v) is 9.13. The van der Waals surface area contributed by atoms with Gasteiger partial charge in [0.25, 0.3) is 5.69 Å². The molecule has 3 aromatic rings. The Balaban J connectivity index is 1.80. The van der Waals surface area contributed by atoms with Crippen LogP contribution in [0.5, 0.6) is 5.95 Å². The Hall–Kier alpha value is -3.19. The SMILES string of the molecule is CCCCc1ccc(-c2nc(C=Nc3ccc(Cl)c([N+](=O)[O-])c3)c(O)o2)cc1. The summed E-state index contributed by atoms with van der Waals surface area (Å²) in [5, 5.41) is 21.0. The number of aromatic hydroxyl groups is 1. The number of hydrogen-bond acceptors (Lipinski definition) is 6. The number of aryl methyl sites for hydroxylation is 1. The molecule has 0 aliphatic carbocycles. The van der Waals surface area contributed by atoms with Gasteiger partial charge in [-0.15, -0.1) is 0 Å². The Kier molecular flexibility index (Phi) is 6.06. The van der Waals surface area contributed by atoms with E-state index in [0.29, 0.717) is 5.69 Å². The number of halogens is 1. The van der Waals surface area contributed by atoms with Gasteiger partial charge in [0.15, 0.2) is 5.69 Å². The highest BCUT2D eigenvalue weighted by atomic mass is 35.5. The van der Waals surface area contributed by atoms with Crippen molar-refractivity contribution in [2.45, 2.75) is 26.2 Å². The van der Waals surface area contributed by atoms with E-state index >= 15 is 0 Å². The Morgan fingerprint density at radius 1 is 1.29 bits per heavy atom. The lowest BCUT2D eigenvalue weighted by Gasteiger charge is -2.00. The number of nitro benzene ring substituents is 1. The number of benzene rings is 2. The molecule has 8 heteroatoms. The molecule has 0 aliphatic rings. The molecule has 0 amide bonds. The van der Waals surface area contributed by atoms with E-state index in [9.17, 15) is 15.2 Å². The summed E-state index contributed by atoms with van der Waals surface area (Å²) in [5.74, 6) is -0.111. The van der Waals surface area contributed by atoms with Gasteiger partial charge in [-0.05, 0) is 42.7 Å². The first-order valence-electron chi connectivity index (χ1n) is 8.75. The number of unbranched alkanes of at least 4 members (excludes halogenated alkanes) is 1. The van der Waals surface area contributed by atoms with Gasteiger partial charge in [0.1, 0.15) is 5.02 Å². The minimum atomic E-state index is -0.586. The molecule has 28 heavy (non-hydrogen) atoms. The molecule has 0 saturated carbocycles. The van der Waals surface area contributed by atoms with Crippen LogP contribution in [0.25, 0.3) is 11.5 Å². The summed E-state index contributed by atoms with van der Waals surface area (Å²) < 4.78 is 5.32. The molecular formula is C20H18ClN3O4. The average molecular weight is 400 g/mol. The third-order valence-corrected chi connectivity index (χ3v) is 4.44. The summed E-state index contributed by atoms with van der Waals surface area (Å²) in [6.07, 6.45) is 4.56. The second-order valence-electron chi connectivity index (χ2n) is 6.16. The maximum Gasteiger partial charge on any atom is 0.312 e. The summed E-state index contributed by atoms with van der Waals surface area (Å²) in [7, 11) is 0. The molecule has 2 aromatic carbocycles. The van der Waals surface area contributed by atoms with Crippen LogP contribution in [0.3, 0.4) is 0 Å². The van der Waals surface area contributed by atoms with Crippen molar-refractivity contribution >= 4 is 29.2 Å². The van der Waals surface area contributed by atoms with Crippen molar-refractivity contribution in [3.8, 4) is 17.4 Å². The molecule has 1 heterocycles. The van der Waals surface area contributed by atoms with Gasteiger partial charge < -0.3 is 9.52 Å². The lowest BCUT2D eigenvalue weighted by molar-refractivity contribution is -0.384. The number of nitrogens with zero attached hydrogens (tertiary/aromatic N) is 3. The van der Waals surface area contributed by atoms with Crippen LogP contribution in [-0.2, 0) is 6.42 Å². The van der Waals surface area contributed by atoms with Crippen molar-refractivity contribution in [1.82, 2.24) is 4.98 Å². The first kappa shape index (κ1) is 19.6. The standard InChI is InChI=1S/C20H18ClN3O4/c1-2-3-4-13-5-7-14(8-6-13)19-23-17(20(25)28-19)12-22-15-9-10-16(21)18(11-15)24(26)27/h5-12,25H,2-4H2,1H3. The molecule has 144 valence electrons. The summed E-state index contributed by atoms with van der Waals surface area (Å²) in [6, 6.07) is 11.9. The number of nitro groups is 1. The number of aromatic nitrogens is 1. The Labute approximate surface area is 166 Å². The normalized spacial score (nSPS) is 11.2. The Bertz CT molecular complexity index is 1010. The highest BCUT2D eigenvalue weighted by molar-refractivity contribution is 6.32. The summed E-state index contributed by atoms with van der Waals surface area (Å²) >= 11 is 5.78. The fourth-order valence-corrected chi connectivity index (χ4v) is 2.77. The molecule has 0 atom stereocenters. The van der Waals surface area contributed by atoms with E-state index in [1.807, 2.05) is 24.3 Å². The third-order valence-electron chi connectivity index (χ3n) is 4.12. The Morgan fingerprint density at radius 2 is 2.04 bits per heavy atom. The van der Waals surface area contributed by atoms with E-state index in [-0.39, 0.29) is 28.2 Å². The second-order valence-corrected chi connectivity index (χ2v) is 6.57. The zero-order valence-electron chi connectivity index (χ0n) is 15.1. The molecule has 1 N–H and O–H groups in total. The molecule has 1 aromatic heterocycles. The van der Waals surface area contributed by atoms with Crippen molar-refractivity contribution in [2.24, 2.45) is 4.99 Å². The van der Waals surface area contributed by atoms with Crippen molar-refractivity contribution in [3.05, 3.63) is 68.9 Å². The third kappa shape index (κ3) is 4.55. The summed E-state index contributed by atoms with van der Waals surface area (Å²) in [6.45, 7) is 2.15. The number of hydrogen-bond donors (Lipinski definition) is 1. The van der Waals surface area contributed by atoms with Crippen LogP contribution in [0, 0.1) is 10.1 Å². The van der Waals surface area contributed by atoms with Crippen LogP contribution in [0.4, 0.5) is 11.4 Å². The van der Waals surface area contributed by atoms with Crippen LogP contribution in [0.1, 0.15) is 31.0 Å². The predicted octanol–water partition coefficient (Wildman–Crippen LogP) is 5.70. The molecule has 0 radical (unpaired) electrons. The average Bonchev–Trinajstić information content (AvgIpc) is 3.06. The second kappa shape index (κ2) is 8.67. The minimum Gasteiger partial charge on any atom is -0.479 e. The van der Waals surface area contributed by atoms with Crippen LogP contribution in [0.15, 0.2) is 51.9 Å². The lowest BCUT2D eigenvalue weighted by atomic mass is 10.1. The monoisotopic (exact) mass is 399 g/mol. The topological polar surface area (TPSA) is 102 Å². The highest BCUT2D eigenvalue weighted by Crippen LogP contribution is 2.30. The fourth-order valence-electron chi connectivity index (χ4n) is 2.58. The van der Waals surface area contributed by atoms with E-state index in [4.69, 9.17) is 16.0 Å². The molecule has 3 rings (SSSR count). The van der Waals surface area contributed by atoms with Gasteiger partial charge in [-0.1, -0.05) is 37.1 Å². The Morgan fingerprint density at radius 3 is 2.71 bits per heavy atom. The van der Waals surface area contributed by atoms with Gasteiger partial charge in [0.2, 0.25) is 5.89 Å². The molecular weight excluding hydrogens is 382 g/mol. The van der Waals surface area contributed by atoms with Crippen LogP contribution < -0.4 is 0 Å². The van der Waals surface area contributed by atoms with E-state index in [0.717, 1.165) is 24.8 Å². The molecule has 0 bridgehead atoms. The molecule has 0 aliphatic heterocycles. The lowest BCUT2D eigenvalue weighted by Crippen LogP contribution is -1.88. The van der Waals surface area contributed by atoms with Gasteiger partial charge in [0, 0.05) is 11.6 Å². The number of oxazole rings is 1. The van der Waals surface area contributed by atoms with Crippen molar-refractivity contribution in [2.75, 3.05) is 0 Å². The largest absolute Gasteiger partial charge is 0.479 e. The van der Waals surface area contributed by atoms with E-state index in [1.165, 1.54) is 30.0 Å². The van der Waals surface area contributed by atoms with E-state index < -0.39 is 4.92 Å². The molecule has 0 saturated heterocycles. The van der Waals surface area contributed by atoms with Crippen LogP contribution >= 0.6 is 11.6 Å². The van der Waals surface area contributed by atoms with Gasteiger partial charge in [-0.25, -0.2) is 4.98 Å². The summed E-state index contributed by atoms with van der Waals surface area (Å²) in [5.41, 5.74) is 2.15. The molecule has 0 fully saturated rings. The number of aliphatic imine (C=N–C) groups is 1. The van der Waals surface area contributed by atoms with E-state index in [2.05, 4.69) is 16.9 Å². The maximum atomic E-state index is 10.9. The van der Waals surface area contributed by atoms with Crippen molar-refractivity contribution in [1.29, 1.82) is 0 Å². The number of rotatable bonds is 7. The summed E-state index contributed by atoms with van der Waals surface area (Å²) in [4.78, 5) is 18.7. The van der Waals surface area contributed by atoms with Gasteiger partial charge in [-0.3, -0.25) is 15.1 Å². The van der Waals surface area contributed by atoms with Gasteiger partial charge >= 0.3 is 5.95 Å². The maximum absolute atomic E-state index is 10.9. The predicted molar refractivity (Wildman–Crippen MR) is 108 cm³/mol. The smallest absolute Gasteiger partial charge is 0.312 e. The molecule has 0 unspecified atom stereocenters. The zero-order chi connectivity index (χ0) is 20.1. The highest BCUT2D eigenvalue weighted by Gasteiger charge is 2.14. The van der Waals surface area contributed by atoms with E-state index in [1.54, 1.807) is 0 Å². The first-order chi connectivity index (χ1) is 13.5. The quantitative estimate of drug-likeness (QED) is 0.312. The molecule has 7 nitrogen and oxygen atoms in total. The van der Waals surface area contributed by atoms with Crippen molar-refractivity contribution in [3.63, 3.8) is 0 Å². The van der Waals surface area contributed by atoms with Crippen molar-refractivity contribution < 1.29 is 14.4 Å².